The molecule has 38 heavy (non-hydrogen) atoms. The number of hydrogen-bond donors (Lipinski definition) is 1. The van der Waals surface area contributed by atoms with Gasteiger partial charge in [-0.1, -0.05) is 18.2 Å². The highest BCUT2D eigenvalue weighted by Crippen LogP contribution is 2.38. The van der Waals surface area contributed by atoms with Crippen LogP contribution in [0.4, 0.5) is 26.3 Å². The molecule has 5 nitrogen and oxygen atoms in total. The van der Waals surface area contributed by atoms with Crippen molar-refractivity contribution in [1.29, 1.82) is 0 Å². The van der Waals surface area contributed by atoms with E-state index in [1.165, 1.54) is 30.3 Å². The van der Waals surface area contributed by atoms with Crippen LogP contribution < -0.4 is 5.32 Å². The standard InChI is InChI=1S/C27H22F6N2O3/c1-2-38-25(37)20-5-3-4-6-23(20)35-24(36)16-8-10-21-15(11-16)7-9-22(34-21)17-12-18(26(28,29)30)14-19(13-17)27(31,32)33/h3-4,7-14,20,23H,2,5-6H2,1H3,(H,35,36)/t20-,23+/m1/s1. The normalized spacial score (nSPS) is 17.9. The minimum atomic E-state index is -4.98. The molecule has 1 aliphatic carbocycles. The molecule has 1 aromatic heterocycles. The molecule has 1 heterocycles. The molecule has 2 aromatic carbocycles. The van der Waals surface area contributed by atoms with E-state index in [-0.39, 0.29) is 35.0 Å². The van der Waals surface area contributed by atoms with Gasteiger partial charge in [0.15, 0.2) is 0 Å². The zero-order chi connectivity index (χ0) is 27.7. The highest BCUT2D eigenvalue weighted by Gasteiger charge is 2.37. The molecule has 0 spiro atoms. The van der Waals surface area contributed by atoms with Crippen molar-refractivity contribution in [1.82, 2.24) is 10.3 Å². The van der Waals surface area contributed by atoms with Gasteiger partial charge in [-0.05, 0) is 62.2 Å². The maximum absolute atomic E-state index is 13.2. The molecule has 200 valence electrons. The summed E-state index contributed by atoms with van der Waals surface area (Å²) in [6, 6.07) is 7.99. The number of nitrogens with one attached hydrogen (secondary N) is 1. The predicted octanol–water partition coefficient (Wildman–Crippen LogP) is 6.57. The molecule has 0 unspecified atom stereocenters. The van der Waals surface area contributed by atoms with Gasteiger partial charge in [0.1, 0.15) is 0 Å². The van der Waals surface area contributed by atoms with Crippen molar-refractivity contribution in [3.05, 3.63) is 77.4 Å². The van der Waals surface area contributed by atoms with Crippen LogP contribution in [0, 0.1) is 5.92 Å². The Kier molecular flexibility index (Phi) is 7.48. The summed E-state index contributed by atoms with van der Waals surface area (Å²) < 4.78 is 84.6. The first-order valence-electron chi connectivity index (χ1n) is 11.7. The zero-order valence-corrected chi connectivity index (χ0v) is 20.0. The van der Waals surface area contributed by atoms with Gasteiger partial charge in [-0.2, -0.15) is 26.3 Å². The maximum Gasteiger partial charge on any atom is 0.416 e. The summed E-state index contributed by atoms with van der Waals surface area (Å²) in [4.78, 5) is 29.4. The molecular formula is C27H22F6N2O3. The van der Waals surface area contributed by atoms with Crippen molar-refractivity contribution >= 4 is 22.8 Å². The molecule has 0 fully saturated rings. The molecule has 0 bridgehead atoms. The summed E-state index contributed by atoms with van der Waals surface area (Å²) in [5.41, 5.74) is -2.77. The minimum Gasteiger partial charge on any atom is -0.466 e. The fourth-order valence-corrected chi connectivity index (χ4v) is 4.27. The number of aromatic nitrogens is 1. The number of ether oxygens (including phenoxy) is 1. The molecule has 0 radical (unpaired) electrons. The fraction of sp³-hybridized carbons (Fsp3) is 0.296. The minimum absolute atomic E-state index is 0.0596. The number of rotatable bonds is 5. The third kappa shape index (κ3) is 5.98. The number of benzene rings is 2. The number of halogens is 6. The SMILES string of the molecule is CCOC(=O)[C@@H]1CC=CC[C@@H]1NC(=O)c1ccc2nc(-c3cc(C(F)(F)F)cc(C(F)(F)F)c3)ccc2c1. The summed E-state index contributed by atoms with van der Waals surface area (Å²) >= 11 is 0. The van der Waals surface area contributed by atoms with Crippen LogP contribution in [0.25, 0.3) is 22.2 Å². The Morgan fingerprint density at radius 1 is 0.921 bits per heavy atom. The number of pyridine rings is 1. The van der Waals surface area contributed by atoms with Gasteiger partial charge in [0.2, 0.25) is 0 Å². The quantitative estimate of drug-likeness (QED) is 0.228. The topological polar surface area (TPSA) is 68.3 Å². The van der Waals surface area contributed by atoms with E-state index in [0.717, 1.165) is 0 Å². The highest BCUT2D eigenvalue weighted by atomic mass is 19.4. The summed E-state index contributed by atoms with van der Waals surface area (Å²) in [6.45, 7) is 1.92. The number of fused-ring (bicyclic) bond motifs is 1. The number of esters is 1. The lowest BCUT2D eigenvalue weighted by Gasteiger charge is -2.27. The van der Waals surface area contributed by atoms with Crippen molar-refractivity contribution in [2.24, 2.45) is 5.92 Å². The summed E-state index contributed by atoms with van der Waals surface area (Å²) in [5.74, 6) is -1.37. The lowest BCUT2D eigenvalue weighted by atomic mass is 9.88. The molecule has 0 saturated heterocycles. The van der Waals surface area contributed by atoms with Gasteiger partial charge in [0.05, 0.1) is 34.9 Å². The van der Waals surface area contributed by atoms with Crippen LogP contribution in [0.3, 0.4) is 0 Å². The number of allylic oxidation sites excluding steroid dienone is 1. The van der Waals surface area contributed by atoms with Gasteiger partial charge >= 0.3 is 18.3 Å². The first kappa shape index (κ1) is 27.2. The Labute approximate surface area is 213 Å². The van der Waals surface area contributed by atoms with Crippen LogP contribution in [0.15, 0.2) is 60.7 Å². The lowest BCUT2D eigenvalue weighted by molar-refractivity contribution is -0.149. The molecule has 2 atom stereocenters. The number of amides is 1. The van der Waals surface area contributed by atoms with Crippen molar-refractivity contribution in [3.8, 4) is 11.3 Å². The molecular weight excluding hydrogens is 514 g/mol. The van der Waals surface area contributed by atoms with Gasteiger partial charge in [0.25, 0.3) is 5.91 Å². The van der Waals surface area contributed by atoms with Crippen LogP contribution in [0.1, 0.15) is 41.3 Å². The molecule has 1 N–H and O–H groups in total. The second-order valence-electron chi connectivity index (χ2n) is 8.78. The second-order valence-corrected chi connectivity index (χ2v) is 8.78. The lowest BCUT2D eigenvalue weighted by Crippen LogP contribution is -2.44. The average molecular weight is 536 g/mol. The third-order valence-electron chi connectivity index (χ3n) is 6.17. The molecule has 11 heteroatoms. The van der Waals surface area contributed by atoms with Crippen LogP contribution >= 0.6 is 0 Å². The molecule has 3 aromatic rings. The van der Waals surface area contributed by atoms with Crippen LogP contribution in [0.5, 0.6) is 0 Å². The zero-order valence-electron chi connectivity index (χ0n) is 20.0. The van der Waals surface area contributed by atoms with Gasteiger partial charge < -0.3 is 10.1 Å². The van der Waals surface area contributed by atoms with E-state index < -0.39 is 47.3 Å². The predicted molar refractivity (Wildman–Crippen MR) is 127 cm³/mol. The second kappa shape index (κ2) is 10.5. The maximum atomic E-state index is 13.2. The number of carbonyl (C=O) groups excluding carboxylic acids is 2. The molecule has 1 amide bonds. The van der Waals surface area contributed by atoms with Gasteiger partial charge in [-0.3, -0.25) is 9.59 Å². The third-order valence-corrected chi connectivity index (χ3v) is 6.17. The van der Waals surface area contributed by atoms with E-state index in [9.17, 15) is 35.9 Å². The highest BCUT2D eigenvalue weighted by molar-refractivity contribution is 5.98. The summed E-state index contributed by atoms with van der Waals surface area (Å²) in [6.07, 6.45) is -5.36. The van der Waals surface area contributed by atoms with Crippen molar-refractivity contribution in [3.63, 3.8) is 0 Å². The van der Waals surface area contributed by atoms with Crippen molar-refractivity contribution < 1.29 is 40.7 Å². The van der Waals surface area contributed by atoms with Gasteiger partial charge in [-0.15, -0.1) is 0 Å². The number of nitrogens with zero attached hydrogens (tertiary/aromatic N) is 1. The molecule has 4 rings (SSSR count). The van der Waals surface area contributed by atoms with Crippen LogP contribution in [0.2, 0.25) is 0 Å². The van der Waals surface area contributed by atoms with E-state index in [1.54, 1.807) is 6.92 Å². The van der Waals surface area contributed by atoms with Crippen molar-refractivity contribution in [2.45, 2.75) is 38.2 Å². The summed E-state index contributed by atoms with van der Waals surface area (Å²) in [7, 11) is 0. The van der Waals surface area contributed by atoms with E-state index in [4.69, 9.17) is 4.74 Å². The summed E-state index contributed by atoms with van der Waals surface area (Å²) in [5, 5.41) is 3.30. The van der Waals surface area contributed by atoms with Gasteiger partial charge in [-0.25, -0.2) is 4.98 Å². The fourth-order valence-electron chi connectivity index (χ4n) is 4.27. The first-order chi connectivity index (χ1) is 17.9. The Balaban J connectivity index is 1.61. The first-order valence-corrected chi connectivity index (χ1v) is 11.7. The van der Waals surface area contributed by atoms with Gasteiger partial charge in [0, 0.05) is 22.6 Å². The van der Waals surface area contributed by atoms with E-state index in [2.05, 4.69) is 10.3 Å². The molecule has 1 aliphatic rings. The van der Waals surface area contributed by atoms with Crippen LogP contribution in [-0.4, -0.2) is 29.5 Å². The van der Waals surface area contributed by atoms with Crippen molar-refractivity contribution in [2.75, 3.05) is 6.61 Å². The Morgan fingerprint density at radius 3 is 2.21 bits per heavy atom. The monoisotopic (exact) mass is 536 g/mol. The molecule has 0 aliphatic heterocycles. The van der Waals surface area contributed by atoms with E-state index in [1.807, 2.05) is 12.2 Å². The Bertz CT molecular complexity index is 1370. The number of alkyl halides is 6. The Morgan fingerprint density at radius 2 is 1.58 bits per heavy atom. The van der Waals surface area contributed by atoms with E-state index >= 15 is 0 Å². The largest absolute Gasteiger partial charge is 0.466 e. The average Bonchev–Trinajstić information content (AvgIpc) is 2.87. The Hall–Kier alpha value is -3.89. The van der Waals surface area contributed by atoms with Crippen LogP contribution in [-0.2, 0) is 21.9 Å². The number of carbonyl (C=O) groups is 2. The van der Waals surface area contributed by atoms with E-state index in [0.29, 0.717) is 30.4 Å². The number of hydrogen-bond acceptors (Lipinski definition) is 4. The molecule has 0 saturated carbocycles. The smallest absolute Gasteiger partial charge is 0.416 e.